The molecule has 0 saturated heterocycles. The normalized spacial score (nSPS) is 10.7. The summed E-state index contributed by atoms with van der Waals surface area (Å²) >= 11 is 2.98. The summed E-state index contributed by atoms with van der Waals surface area (Å²) < 4.78 is 26.4. The smallest absolute Gasteiger partial charge is 0.223 e. The third-order valence-corrected chi connectivity index (χ3v) is 3.07. The van der Waals surface area contributed by atoms with Crippen molar-refractivity contribution in [2.75, 3.05) is 5.73 Å². The van der Waals surface area contributed by atoms with E-state index in [1.165, 1.54) is 6.07 Å². The second kappa shape index (κ2) is 4.93. The minimum atomic E-state index is -0.982. The van der Waals surface area contributed by atoms with Gasteiger partial charge in [-0.05, 0) is 28.1 Å². The summed E-state index contributed by atoms with van der Waals surface area (Å²) in [5, 5.41) is 0. The number of nitrogen functional groups attached to an aromatic ring is 1. The highest BCUT2D eigenvalue weighted by Crippen LogP contribution is 2.29. The van der Waals surface area contributed by atoms with Crippen molar-refractivity contribution in [2.45, 2.75) is 13.3 Å². The van der Waals surface area contributed by atoms with Crippen molar-refractivity contribution in [1.82, 2.24) is 15.0 Å². The average molecular weight is 315 g/mol. The lowest BCUT2D eigenvalue weighted by molar-refractivity contribution is 0.504. The zero-order valence-electron chi connectivity index (χ0n) is 9.41. The number of nitrogens with zero attached hydrogens (tertiary/aromatic N) is 3. The molecule has 1 heterocycles. The summed E-state index contributed by atoms with van der Waals surface area (Å²) in [6.07, 6.45) is 0.570. The summed E-state index contributed by atoms with van der Waals surface area (Å²) in [7, 11) is 0. The van der Waals surface area contributed by atoms with Crippen molar-refractivity contribution in [3.8, 4) is 11.4 Å². The maximum Gasteiger partial charge on any atom is 0.223 e. The molecule has 7 heteroatoms. The van der Waals surface area contributed by atoms with Crippen molar-refractivity contribution >= 4 is 21.9 Å². The zero-order chi connectivity index (χ0) is 13.3. The van der Waals surface area contributed by atoms with Gasteiger partial charge in [0.15, 0.2) is 17.5 Å². The minimum absolute atomic E-state index is 0.0323. The van der Waals surface area contributed by atoms with Crippen molar-refractivity contribution in [1.29, 1.82) is 0 Å². The number of nitrogens with two attached hydrogens (primary N) is 1. The molecule has 0 spiro atoms. The zero-order valence-corrected chi connectivity index (χ0v) is 11.0. The molecule has 2 rings (SSSR count). The lowest BCUT2D eigenvalue weighted by Crippen LogP contribution is -2.05. The molecule has 1 aromatic carbocycles. The van der Waals surface area contributed by atoms with Crippen LogP contribution in [0.1, 0.15) is 12.7 Å². The minimum Gasteiger partial charge on any atom is -0.368 e. The average Bonchev–Trinajstić information content (AvgIpc) is 2.35. The molecule has 2 aromatic rings. The largest absolute Gasteiger partial charge is 0.368 e. The Labute approximate surface area is 110 Å². The molecule has 0 aliphatic rings. The molecule has 0 radical (unpaired) electrons. The molecule has 0 unspecified atom stereocenters. The molecule has 0 atom stereocenters. The van der Waals surface area contributed by atoms with Crippen LogP contribution in [0.2, 0.25) is 0 Å². The number of hydrogen-bond donors (Lipinski definition) is 1. The Balaban J connectivity index is 2.62. The first-order chi connectivity index (χ1) is 8.52. The number of aryl methyl sites for hydroxylation is 1. The van der Waals surface area contributed by atoms with Crippen molar-refractivity contribution in [3.63, 3.8) is 0 Å². The van der Waals surface area contributed by atoms with Crippen LogP contribution in [-0.4, -0.2) is 15.0 Å². The van der Waals surface area contributed by atoms with Gasteiger partial charge in [0.2, 0.25) is 5.95 Å². The van der Waals surface area contributed by atoms with Crippen LogP contribution in [0.4, 0.5) is 14.7 Å². The number of hydrogen-bond acceptors (Lipinski definition) is 4. The van der Waals surface area contributed by atoms with E-state index < -0.39 is 11.6 Å². The van der Waals surface area contributed by atoms with Crippen LogP contribution < -0.4 is 5.73 Å². The highest BCUT2D eigenvalue weighted by Gasteiger charge is 2.15. The van der Waals surface area contributed by atoms with Crippen molar-refractivity contribution in [2.24, 2.45) is 0 Å². The second-order valence-electron chi connectivity index (χ2n) is 3.51. The van der Waals surface area contributed by atoms with E-state index in [0.717, 1.165) is 6.07 Å². The lowest BCUT2D eigenvalue weighted by Gasteiger charge is -2.06. The first-order valence-corrected chi connectivity index (χ1v) is 5.96. The second-order valence-corrected chi connectivity index (χ2v) is 4.30. The predicted molar refractivity (Wildman–Crippen MR) is 66.7 cm³/mol. The van der Waals surface area contributed by atoms with Gasteiger partial charge in [0.05, 0.1) is 4.47 Å². The quantitative estimate of drug-likeness (QED) is 0.866. The summed E-state index contributed by atoms with van der Waals surface area (Å²) in [5.74, 6) is -1.17. The van der Waals surface area contributed by atoms with Gasteiger partial charge in [0, 0.05) is 12.0 Å². The maximum atomic E-state index is 13.4. The molecule has 18 heavy (non-hydrogen) atoms. The van der Waals surface area contributed by atoms with E-state index >= 15 is 0 Å². The molecule has 0 fully saturated rings. The van der Waals surface area contributed by atoms with Crippen LogP contribution in [0.3, 0.4) is 0 Å². The maximum absolute atomic E-state index is 13.4. The fourth-order valence-electron chi connectivity index (χ4n) is 1.42. The van der Waals surface area contributed by atoms with Crippen LogP contribution in [0.15, 0.2) is 16.6 Å². The Hall–Kier alpha value is -1.63. The predicted octanol–water partition coefficient (Wildman–Crippen LogP) is 2.72. The van der Waals surface area contributed by atoms with Gasteiger partial charge in [0.1, 0.15) is 5.82 Å². The summed E-state index contributed by atoms with van der Waals surface area (Å²) in [4.78, 5) is 12.0. The third kappa shape index (κ3) is 2.31. The van der Waals surface area contributed by atoms with Crippen LogP contribution >= 0.6 is 15.9 Å². The van der Waals surface area contributed by atoms with Crippen LogP contribution in [0, 0.1) is 11.6 Å². The van der Waals surface area contributed by atoms with E-state index in [1.807, 2.05) is 6.92 Å². The Kier molecular flexibility index (Phi) is 3.51. The van der Waals surface area contributed by atoms with Gasteiger partial charge in [-0.2, -0.15) is 9.97 Å². The van der Waals surface area contributed by atoms with Crippen molar-refractivity contribution < 1.29 is 8.78 Å². The molecular weight excluding hydrogens is 306 g/mol. The number of benzene rings is 1. The molecule has 0 bridgehead atoms. The van der Waals surface area contributed by atoms with E-state index in [1.54, 1.807) is 0 Å². The molecule has 2 N–H and O–H groups in total. The Morgan fingerprint density at radius 2 is 1.94 bits per heavy atom. The molecule has 94 valence electrons. The van der Waals surface area contributed by atoms with Crippen LogP contribution in [0.25, 0.3) is 11.4 Å². The van der Waals surface area contributed by atoms with Gasteiger partial charge in [0.25, 0.3) is 0 Å². The van der Waals surface area contributed by atoms with Gasteiger partial charge in [-0.1, -0.05) is 6.92 Å². The SMILES string of the molecule is CCc1nc(N)nc(-c2ccc(F)c(F)c2Br)n1. The summed E-state index contributed by atoms with van der Waals surface area (Å²) in [5.41, 5.74) is 5.88. The van der Waals surface area contributed by atoms with Gasteiger partial charge >= 0.3 is 0 Å². The molecule has 0 aliphatic carbocycles. The van der Waals surface area contributed by atoms with E-state index in [4.69, 9.17) is 5.73 Å². The van der Waals surface area contributed by atoms with Crippen LogP contribution in [0.5, 0.6) is 0 Å². The highest BCUT2D eigenvalue weighted by molar-refractivity contribution is 9.10. The van der Waals surface area contributed by atoms with E-state index in [-0.39, 0.29) is 16.2 Å². The molecule has 0 amide bonds. The Morgan fingerprint density at radius 3 is 2.61 bits per heavy atom. The third-order valence-electron chi connectivity index (χ3n) is 2.29. The van der Waals surface area contributed by atoms with E-state index in [9.17, 15) is 8.78 Å². The monoisotopic (exact) mass is 314 g/mol. The van der Waals surface area contributed by atoms with Gasteiger partial charge in [-0.25, -0.2) is 13.8 Å². The van der Waals surface area contributed by atoms with Crippen molar-refractivity contribution in [3.05, 3.63) is 34.1 Å². The van der Waals surface area contributed by atoms with Crippen LogP contribution in [-0.2, 0) is 6.42 Å². The summed E-state index contributed by atoms with van der Waals surface area (Å²) in [6, 6.07) is 2.40. The first-order valence-electron chi connectivity index (χ1n) is 5.17. The van der Waals surface area contributed by atoms with E-state index in [2.05, 4.69) is 30.9 Å². The summed E-state index contributed by atoms with van der Waals surface area (Å²) in [6.45, 7) is 1.86. The Bertz CT molecular complexity index is 604. The fourth-order valence-corrected chi connectivity index (χ4v) is 1.91. The number of rotatable bonds is 2. The topological polar surface area (TPSA) is 64.7 Å². The van der Waals surface area contributed by atoms with Gasteiger partial charge in [-0.3, -0.25) is 0 Å². The molecule has 0 aliphatic heterocycles. The van der Waals surface area contributed by atoms with Gasteiger partial charge in [-0.15, -0.1) is 0 Å². The molecule has 0 saturated carbocycles. The number of aromatic nitrogens is 3. The fraction of sp³-hybridized carbons (Fsp3) is 0.182. The van der Waals surface area contributed by atoms with Gasteiger partial charge < -0.3 is 5.73 Å². The molecular formula is C11H9BrF2N4. The highest BCUT2D eigenvalue weighted by atomic mass is 79.9. The van der Waals surface area contributed by atoms with E-state index in [0.29, 0.717) is 17.8 Å². The molecule has 4 nitrogen and oxygen atoms in total. The first kappa shape index (κ1) is 12.8. The Morgan fingerprint density at radius 1 is 1.22 bits per heavy atom. The number of halogens is 3. The number of anilines is 1. The lowest BCUT2D eigenvalue weighted by atomic mass is 10.2. The molecule has 1 aromatic heterocycles. The standard InChI is InChI=1S/C11H9BrF2N4/c1-2-7-16-10(18-11(15)17-7)5-3-4-6(13)9(14)8(5)12/h3-4H,2H2,1H3,(H2,15,16,17,18).